The van der Waals surface area contributed by atoms with Gasteiger partial charge in [-0.3, -0.25) is 4.79 Å². The molecule has 3 heteroatoms. The van der Waals surface area contributed by atoms with Gasteiger partial charge in [0.05, 0.1) is 12.0 Å². The second kappa shape index (κ2) is 8.72. The number of hydrogen-bond acceptors (Lipinski definition) is 3. The van der Waals surface area contributed by atoms with Crippen molar-refractivity contribution in [1.82, 2.24) is 0 Å². The summed E-state index contributed by atoms with van der Waals surface area (Å²) in [6.45, 7) is 1.98. The van der Waals surface area contributed by atoms with Crippen molar-refractivity contribution in [3.63, 3.8) is 0 Å². The fourth-order valence-corrected chi connectivity index (χ4v) is 4.02. The van der Waals surface area contributed by atoms with E-state index in [4.69, 9.17) is 4.18 Å². The first-order valence-electron chi connectivity index (χ1n) is 8.82. The Morgan fingerprint density at radius 1 is 0.769 bits per heavy atom. The zero-order chi connectivity index (χ0) is 18.2. The summed E-state index contributed by atoms with van der Waals surface area (Å²) in [5, 5.41) is 0. The van der Waals surface area contributed by atoms with Gasteiger partial charge in [-0.2, -0.15) is 0 Å². The number of benzene rings is 3. The second-order valence-electron chi connectivity index (χ2n) is 6.07. The van der Waals surface area contributed by atoms with Gasteiger partial charge in [0.1, 0.15) is 4.75 Å². The summed E-state index contributed by atoms with van der Waals surface area (Å²) in [7, 11) is 0. The van der Waals surface area contributed by atoms with Crippen molar-refractivity contribution in [2.45, 2.75) is 24.5 Å². The lowest BCUT2D eigenvalue weighted by Crippen LogP contribution is -2.26. The largest absolute Gasteiger partial charge is 0.390 e. The first kappa shape index (κ1) is 18.3. The quantitative estimate of drug-likeness (QED) is 0.382. The van der Waals surface area contributed by atoms with Crippen LogP contribution in [0.5, 0.6) is 0 Å². The van der Waals surface area contributed by atoms with Gasteiger partial charge in [-0.1, -0.05) is 97.9 Å². The Bertz CT molecular complexity index is 720. The lowest BCUT2D eigenvalue weighted by atomic mass is 9.84. The highest BCUT2D eigenvalue weighted by Gasteiger charge is 2.39. The second-order valence-corrected chi connectivity index (χ2v) is 7.01. The lowest BCUT2D eigenvalue weighted by molar-refractivity contribution is -0.133. The van der Waals surface area contributed by atoms with Gasteiger partial charge in [-0.05, 0) is 23.1 Å². The predicted molar refractivity (Wildman–Crippen MR) is 108 cm³/mol. The molecule has 0 amide bonds. The average Bonchev–Trinajstić information content (AvgIpc) is 2.71. The molecule has 132 valence electrons. The van der Waals surface area contributed by atoms with Crippen LogP contribution in [0.25, 0.3) is 0 Å². The molecule has 0 aliphatic carbocycles. The third-order valence-corrected chi connectivity index (χ3v) is 5.48. The maximum atomic E-state index is 12.1. The third kappa shape index (κ3) is 3.83. The predicted octanol–water partition coefficient (Wildman–Crippen LogP) is 5.97. The van der Waals surface area contributed by atoms with Crippen LogP contribution in [-0.4, -0.2) is 5.97 Å². The number of rotatable bonds is 7. The van der Waals surface area contributed by atoms with E-state index in [0.717, 1.165) is 23.1 Å². The van der Waals surface area contributed by atoms with Gasteiger partial charge in [0.25, 0.3) is 0 Å². The monoisotopic (exact) mass is 362 g/mol. The van der Waals surface area contributed by atoms with E-state index in [1.807, 2.05) is 61.5 Å². The fourth-order valence-electron chi connectivity index (χ4n) is 3.02. The molecular formula is C23H22O2S. The van der Waals surface area contributed by atoms with Crippen LogP contribution in [0.3, 0.4) is 0 Å². The van der Waals surface area contributed by atoms with Crippen LogP contribution in [0.2, 0.25) is 0 Å². The van der Waals surface area contributed by atoms with E-state index in [1.165, 1.54) is 12.0 Å². The lowest BCUT2D eigenvalue weighted by Gasteiger charge is -2.33. The summed E-state index contributed by atoms with van der Waals surface area (Å²) in [6, 6.07) is 30.6. The minimum Gasteiger partial charge on any atom is -0.390 e. The Morgan fingerprint density at radius 3 is 1.50 bits per heavy atom. The SMILES string of the molecule is CCCC(=O)OSC(c1ccccc1)(c1ccccc1)c1ccccc1. The first-order valence-corrected chi connectivity index (χ1v) is 9.56. The van der Waals surface area contributed by atoms with Crippen molar-refractivity contribution < 1.29 is 8.98 Å². The number of carbonyl (C=O) groups excluding carboxylic acids is 1. The molecule has 0 aromatic heterocycles. The van der Waals surface area contributed by atoms with Crippen LogP contribution in [-0.2, 0) is 13.7 Å². The molecule has 0 N–H and O–H groups in total. The normalized spacial score (nSPS) is 11.1. The van der Waals surface area contributed by atoms with Crippen molar-refractivity contribution in [3.05, 3.63) is 108 Å². The summed E-state index contributed by atoms with van der Waals surface area (Å²) < 4.78 is 5.07. The topological polar surface area (TPSA) is 26.3 Å². The highest BCUT2D eigenvalue weighted by atomic mass is 32.2. The molecule has 0 bridgehead atoms. The summed E-state index contributed by atoms with van der Waals surface area (Å²) >= 11 is 1.23. The van der Waals surface area contributed by atoms with Crippen LogP contribution >= 0.6 is 12.0 Å². The molecule has 0 saturated heterocycles. The van der Waals surface area contributed by atoms with E-state index in [0.29, 0.717) is 6.42 Å². The van der Waals surface area contributed by atoms with E-state index in [9.17, 15) is 4.79 Å². The summed E-state index contributed by atoms with van der Waals surface area (Å²) in [5.74, 6) is -0.190. The van der Waals surface area contributed by atoms with Crippen LogP contribution < -0.4 is 0 Å². The Morgan fingerprint density at radius 2 is 1.15 bits per heavy atom. The van der Waals surface area contributed by atoms with Gasteiger partial charge in [-0.25, -0.2) is 0 Å². The van der Waals surface area contributed by atoms with Gasteiger partial charge in [0.15, 0.2) is 0 Å². The first-order chi connectivity index (χ1) is 12.8. The molecule has 3 rings (SSSR count). The molecule has 0 fully saturated rings. The van der Waals surface area contributed by atoms with Crippen molar-refractivity contribution in [2.24, 2.45) is 0 Å². The third-order valence-electron chi connectivity index (χ3n) is 4.25. The van der Waals surface area contributed by atoms with Gasteiger partial charge in [0, 0.05) is 6.42 Å². The molecule has 0 aliphatic heterocycles. The Hall–Kier alpha value is -2.52. The molecule has 26 heavy (non-hydrogen) atoms. The van der Waals surface area contributed by atoms with Crippen molar-refractivity contribution >= 4 is 18.0 Å². The zero-order valence-electron chi connectivity index (χ0n) is 14.8. The Kier molecular flexibility index (Phi) is 6.13. The van der Waals surface area contributed by atoms with E-state index < -0.39 is 4.75 Å². The number of carbonyl (C=O) groups is 1. The summed E-state index contributed by atoms with van der Waals surface area (Å²) in [4.78, 5) is 12.1. The van der Waals surface area contributed by atoms with Gasteiger partial charge >= 0.3 is 5.97 Å². The molecule has 0 saturated carbocycles. The molecule has 0 spiro atoms. The fraction of sp³-hybridized carbons (Fsp3) is 0.174. The molecule has 0 unspecified atom stereocenters. The Labute approximate surface area is 159 Å². The summed E-state index contributed by atoms with van der Waals surface area (Å²) in [5.41, 5.74) is 3.23. The average molecular weight is 362 g/mol. The molecular weight excluding hydrogens is 340 g/mol. The highest BCUT2D eigenvalue weighted by Crippen LogP contribution is 2.48. The van der Waals surface area contributed by atoms with Crippen LogP contribution in [0.1, 0.15) is 36.5 Å². The van der Waals surface area contributed by atoms with Gasteiger partial charge in [0.2, 0.25) is 0 Å². The maximum absolute atomic E-state index is 12.1. The molecule has 0 aliphatic rings. The molecule has 3 aromatic carbocycles. The highest BCUT2D eigenvalue weighted by molar-refractivity contribution is 7.96. The zero-order valence-corrected chi connectivity index (χ0v) is 15.6. The molecule has 2 nitrogen and oxygen atoms in total. The standard InChI is InChI=1S/C23H22O2S/c1-2-12-22(24)25-26-23(19-13-6-3-7-14-19,20-15-8-4-9-16-20)21-17-10-5-11-18-21/h3-11,13-18H,2,12H2,1H3. The molecule has 0 atom stereocenters. The van der Waals surface area contributed by atoms with Crippen LogP contribution in [0.15, 0.2) is 91.0 Å². The van der Waals surface area contributed by atoms with Gasteiger partial charge in [-0.15, -0.1) is 0 Å². The minimum atomic E-state index is -0.618. The van der Waals surface area contributed by atoms with Gasteiger partial charge < -0.3 is 4.18 Å². The van der Waals surface area contributed by atoms with E-state index >= 15 is 0 Å². The van der Waals surface area contributed by atoms with E-state index in [2.05, 4.69) is 36.4 Å². The molecule has 0 radical (unpaired) electrons. The molecule has 3 aromatic rings. The van der Waals surface area contributed by atoms with Crippen molar-refractivity contribution in [2.75, 3.05) is 0 Å². The van der Waals surface area contributed by atoms with Crippen LogP contribution in [0, 0.1) is 0 Å². The van der Waals surface area contributed by atoms with E-state index in [1.54, 1.807) is 0 Å². The Balaban J connectivity index is 2.16. The minimum absolute atomic E-state index is 0.190. The van der Waals surface area contributed by atoms with Crippen molar-refractivity contribution in [3.8, 4) is 0 Å². The number of hydrogen-bond donors (Lipinski definition) is 0. The van der Waals surface area contributed by atoms with Crippen molar-refractivity contribution in [1.29, 1.82) is 0 Å². The van der Waals surface area contributed by atoms with Crippen LogP contribution in [0.4, 0.5) is 0 Å². The molecule has 0 heterocycles. The maximum Gasteiger partial charge on any atom is 0.317 e. The van der Waals surface area contributed by atoms with E-state index in [-0.39, 0.29) is 5.97 Å². The summed E-state index contributed by atoms with van der Waals surface area (Å²) in [6.07, 6.45) is 1.19. The smallest absolute Gasteiger partial charge is 0.317 e.